The molecule has 0 radical (unpaired) electrons. The Labute approximate surface area is 230 Å². The van der Waals surface area contributed by atoms with Gasteiger partial charge in [0.2, 0.25) is 11.3 Å². The average molecular weight is 576 g/mol. The zero-order chi connectivity index (χ0) is 28.9. The van der Waals surface area contributed by atoms with Crippen molar-refractivity contribution in [3.05, 3.63) is 51.2 Å². The number of carboxylic acid groups (broad SMARTS) is 2. The molecule has 212 valence electrons. The number of nitrogens with two attached hydrogens (primary N) is 1. The lowest BCUT2D eigenvalue weighted by Crippen LogP contribution is -2.68. The minimum absolute atomic E-state index is 0.0330. The van der Waals surface area contributed by atoms with E-state index in [2.05, 4.69) is 0 Å². The number of aromatic nitrogens is 1. The summed E-state index contributed by atoms with van der Waals surface area (Å²) in [6, 6.07) is 1.79. The molecule has 4 heterocycles. The first-order valence-electron chi connectivity index (χ1n) is 12.5. The van der Waals surface area contributed by atoms with Crippen molar-refractivity contribution in [3.8, 4) is 0 Å². The predicted molar refractivity (Wildman–Crippen MR) is 142 cm³/mol. The number of carbonyl (C=O) groups excluding carboxylic acids is 2. The van der Waals surface area contributed by atoms with Crippen molar-refractivity contribution in [2.24, 2.45) is 5.73 Å². The predicted octanol–water partition coefficient (Wildman–Crippen LogP) is 0.698. The van der Waals surface area contributed by atoms with Crippen LogP contribution in [0.3, 0.4) is 0 Å². The number of amides is 2. The molecule has 40 heavy (non-hydrogen) atoms. The fourth-order valence-corrected chi connectivity index (χ4v) is 6.39. The number of hydrogen-bond donors (Lipinski definition) is 3. The molecular weight excluding hydrogens is 549 g/mol. The summed E-state index contributed by atoms with van der Waals surface area (Å²) in [6.45, 7) is 2.72. The summed E-state index contributed by atoms with van der Waals surface area (Å²) in [5.41, 5.74) is 5.25. The van der Waals surface area contributed by atoms with Crippen LogP contribution in [-0.4, -0.2) is 98.5 Å². The summed E-state index contributed by atoms with van der Waals surface area (Å²) >= 11 is 1.31. The fraction of sp³-hybridized carbons (Fsp3) is 0.400. The molecule has 2 atom stereocenters. The van der Waals surface area contributed by atoms with E-state index in [1.807, 2.05) is 0 Å². The van der Waals surface area contributed by atoms with Crippen molar-refractivity contribution in [3.63, 3.8) is 0 Å². The zero-order valence-electron chi connectivity index (χ0n) is 21.3. The topological polar surface area (TPSA) is 176 Å². The molecular formula is C25H26FN5O8S. The first-order chi connectivity index (χ1) is 19.0. The van der Waals surface area contributed by atoms with E-state index in [1.54, 1.807) is 16.4 Å². The summed E-state index contributed by atoms with van der Waals surface area (Å²) in [7, 11) is 0. The van der Waals surface area contributed by atoms with Gasteiger partial charge in [-0.25, -0.2) is 18.8 Å². The van der Waals surface area contributed by atoms with Gasteiger partial charge >= 0.3 is 18.0 Å². The van der Waals surface area contributed by atoms with Crippen LogP contribution in [0.4, 0.5) is 14.9 Å². The van der Waals surface area contributed by atoms with E-state index in [0.717, 1.165) is 11.0 Å². The molecule has 0 spiro atoms. The molecule has 0 bridgehead atoms. The Balaban J connectivity index is 1.27. The lowest BCUT2D eigenvalue weighted by molar-refractivity contribution is -0.148. The number of pyridine rings is 1. The minimum atomic E-state index is -1.39. The van der Waals surface area contributed by atoms with Gasteiger partial charge in [-0.15, -0.1) is 11.8 Å². The number of ether oxygens (including phenoxy) is 1. The number of hydrogen-bond acceptors (Lipinski definition) is 9. The van der Waals surface area contributed by atoms with Gasteiger partial charge in [0.1, 0.15) is 35.1 Å². The number of anilines is 1. The number of thioether (sulfide) groups is 1. The van der Waals surface area contributed by atoms with Crippen molar-refractivity contribution in [2.45, 2.75) is 24.9 Å². The van der Waals surface area contributed by atoms with Crippen LogP contribution < -0.4 is 16.1 Å². The quantitative estimate of drug-likeness (QED) is 0.413. The second kappa shape index (κ2) is 10.5. The molecule has 0 aliphatic carbocycles. The first-order valence-corrected chi connectivity index (χ1v) is 13.5. The van der Waals surface area contributed by atoms with Crippen LogP contribution in [0, 0.1) is 5.82 Å². The number of piperazine rings is 1. The van der Waals surface area contributed by atoms with Crippen molar-refractivity contribution < 1.29 is 38.5 Å². The normalized spacial score (nSPS) is 20.9. The molecule has 15 heteroatoms. The Morgan fingerprint density at radius 3 is 2.45 bits per heavy atom. The van der Waals surface area contributed by atoms with E-state index in [-0.39, 0.29) is 55.3 Å². The van der Waals surface area contributed by atoms with Gasteiger partial charge in [-0.05, 0) is 19.1 Å². The van der Waals surface area contributed by atoms with E-state index in [9.17, 15) is 34.2 Å². The van der Waals surface area contributed by atoms with E-state index < -0.39 is 52.2 Å². The van der Waals surface area contributed by atoms with Crippen LogP contribution in [0.1, 0.15) is 17.3 Å². The van der Waals surface area contributed by atoms with Gasteiger partial charge in [0.15, 0.2) is 0 Å². The maximum absolute atomic E-state index is 15.1. The van der Waals surface area contributed by atoms with Crippen LogP contribution in [0.25, 0.3) is 10.9 Å². The van der Waals surface area contributed by atoms with Crippen molar-refractivity contribution in [1.82, 2.24) is 14.4 Å². The Morgan fingerprint density at radius 2 is 1.82 bits per heavy atom. The Kier molecular flexibility index (Phi) is 7.18. The lowest BCUT2D eigenvalue weighted by atomic mass is 10.0. The number of fused-ring (bicyclic) bond motifs is 2. The molecule has 1 aromatic heterocycles. The molecule has 4 N–H and O–H groups in total. The molecule has 0 unspecified atom stereocenters. The second-order valence-electron chi connectivity index (χ2n) is 9.51. The minimum Gasteiger partial charge on any atom is -0.477 e. The van der Waals surface area contributed by atoms with Gasteiger partial charge in [0.25, 0.3) is 0 Å². The first kappa shape index (κ1) is 27.5. The van der Waals surface area contributed by atoms with Crippen LogP contribution >= 0.6 is 11.8 Å². The summed E-state index contributed by atoms with van der Waals surface area (Å²) in [5.74, 6) is -3.61. The number of nitrogens with zero attached hydrogens (tertiary/aromatic N) is 4. The van der Waals surface area contributed by atoms with Crippen molar-refractivity contribution >= 4 is 52.3 Å². The van der Waals surface area contributed by atoms with Gasteiger partial charge in [0.05, 0.1) is 11.2 Å². The van der Waals surface area contributed by atoms with E-state index >= 15 is 4.39 Å². The molecule has 2 saturated heterocycles. The number of rotatable bonds is 6. The van der Waals surface area contributed by atoms with Gasteiger partial charge < -0.3 is 35.1 Å². The van der Waals surface area contributed by atoms with Gasteiger partial charge in [-0.2, -0.15) is 0 Å². The molecule has 2 aromatic rings. The lowest BCUT2D eigenvalue weighted by Gasteiger charge is -2.47. The molecule has 3 aliphatic rings. The molecule has 2 fully saturated rings. The standard InChI is InChI=1S/C25H26FN5O8S/c1-2-28-9-14(23(34)35)20(32)13-7-15(26)17(8-16(13)28)29-3-5-30(6-4-29)25(38)39-10-12-11-40-22-18(27)21(33)31(22)19(12)24(36)37/h7-9,18,22H,2-6,10-11,27H2,1H3,(H,34,35)(H,36,37)/t18-,22-/m1/s1. The largest absolute Gasteiger partial charge is 0.477 e. The Bertz CT molecular complexity index is 1530. The van der Waals surface area contributed by atoms with Crippen LogP contribution in [0.15, 0.2) is 34.4 Å². The number of carboxylic acids is 2. The van der Waals surface area contributed by atoms with E-state index in [1.165, 1.54) is 28.9 Å². The number of β-lactam (4-membered cyclic amide) rings is 1. The molecule has 5 rings (SSSR count). The van der Waals surface area contributed by atoms with Crippen LogP contribution in [0.5, 0.6) is 0 Å². The zero-order valence-corrected chi connectivity index (χ0v) is 22.1. The molecule has 13 nitrogen and oxygen atoms in total. The maximum Gasteiger partial charge on any atom is 0.410 e. The maximum atomic E-state index is 15.1. The molecule has 0 saturated carbocycles. The molecule has 3 aliphatic heterocycles. The van der Waals surface area contributed by atoms with E-state index in [4.69, 9.17) is 10.5 Å². The van der Waals surface area contributed by atoms with Gasteiger partial charge in [0, 0.05) is 55.6 Å². The SMILES string of the molecule is CCn1cc(C(=O)O)c(=O)c2cc(F)c(N3CCN(C(=O)OCC4=C(C(=O)O)N5C(=O)[C@@H](N)[C@H]5SC4)CC3)cc21. The summed E-state index contributed by atoms with van der Waals surface area (Å²) in [5, 5.41) is 18.5. The number of benzene rings is 1. The van der Waals surface area contributed by atoms with Crippen LogP contribution in [-0.2, 0) is 20.9 Å². The van der Waals surface area contributed by atoms with E-state index in [0.29, 0.717) is 17.6 Å². The monoisotopic (exact) mass is 575 g/mol. The van der Waals surface area contributed by atoms with Crippen LogP contribution in [0.2, 0.25) is 0 Å². The fourth-order valence-electron chi connectivity index (χ4n) is 5.12. The summed E-state index contributed by atoms with van der Waals surface area (Å²) in [4.78, 5) is 64.9. The van der Waals surface area contributed by atoms with Crippen molar-refractivity contribution in [2.75, 3.05) is 43.4 Å². The number of aromatic carboxylic acids is 1. The second-order valence-corrected chi connectivity index (χ2v) is 10.6. The average Bonchev–Trinajstić information content (AvgIpc) is 2.94. The number of carbonyl (C=O) groups is 4. The smallest absolute Gasteiger partial charge is 0.410 e. The third-order valence-corrected chi connectivity index (χ3v) is 8.62. The molecule has 1 aromatic carbocycles. The Hall–Kier alpha value is -4.11. The number of aliphatic carboxylic acids is 1. The third-order valence-electron chi connectivity index (χ3n) is 7.26. The third kappa shape index (κ3) is 4.54. The van der Waals surface area contributed by atoms with Gasteiger partial charge in [-0.1, -0.05) is 0 Å². The summed E-state index contributed by atoms with van der Waals surface area (Å²) in [6.07, 6.45) is 0.570. The van der Waals surface area contributed by atoms with Crippen molar-refractivity contribution in [1.29, 1.82) is 0 Å². The summed E-state index contributed by atoms with van der Waals surface area (Å²) < 4.78 is 22.1. The highest BCUT2D eigenvalue weighted by Crippen LogP contribution is 2.39. The van der Waals surface area contributed by atoms with Gasteiger partial charge in [-0.3, -0.25) is 14.5 Å². The highest BCUT2D eigenvalue weighted by atomic mass is 32.2. The number of aryl methyl sites for hydroxylation is 1. The highest BCUT2D eigenvalue weighted by Gasteiger charge is 2.51. The number of halogens is 1. The highest BCUT2D eigenvalue weighted by molar-refractivity contribution is 8.00. The molecule has 2 amide bonds. The Morgan fingerprint density at radius 1 is 1.12 bits per heavy atom.